The van der Waals surface area contributed by atoms with Crippen molar-refractivity contribution in [1.82, 2.24) is 0 Å². The number of nitrogens with zero attached hydrogens (tertiary/aromatic N) is 2. The standard InChI is InChI=1S/C20H15N3O4/c24-20(25)18-11-10-16(12-19(18)23(26)27)15-8-6-14(7-9-15)13-21-22-17-4-2-1-3-5-17/h1-13,22H,(H,24,25). The summed E-state index contributed by atoms with van der Waals surface area (Å²) in [5.41, 5.74) is 5.17. The highest BCUT2D eigenvalue weighted by molar-refractivity contribution is 5.93. The Morgan fingerprint density at radius 1 is 1.00 bits per heavy atom. The molecule has 7 heteroatoms. The molecule has 7 nitrogen and oxygen atoms in total. The van der Waals surface area contributed by atoms with Crippen LogP contribution in [0.3, 0.4) is 0 Å². The van der Waals surface area contributed by atoms with E-state index in [1.54, 1.807) is 24.4 Å². The summed E-state index contributed by atoms with van der Waals surface area (Å²) in [5, 5.41) is 24.3. The third-order valence-corrected chi connectivity index (χ3v) is 3.85. The lowest BCUT2D eigenvalue weighted by molar-refractivity contribution is -0.385. The first kappa shape index (κ1) is 17.8. The zero-order valence-corrected chi connectivity index (χ0v) is 14.1. The highest BCUT2D eigenvalue weighted by atomic mass is 16.6. The molecule has 3 rings (SSSR count). The van der Waals surface area contributed by atoms with E-state index in [-0.39, 0.29) is 5.56 Å². The van der Waals surface area contributed by atoms with Crippen molar-refractivity contribution in [2.75, 3.05) is 5.43 Å². The van der Waals surface area contributed by atoms with Gasteiger partial charge in [-0.2, -0.15) is 5.10 Å². The lowest BCUT2D eigenvalue weighted by Gasteiger charge is -2.04. The summed E-state index contributed by atoms with van der Waals surface area (Å²) in [6, 6.07) is 20.8. The molecule has 0 bridgehead atoms. The van der Waals surface area contributed by atoms with Crippen LogP contribution < -0.4 is 5.43 Å². The van der Waals surface area contributed by atoms with Gasteiger partial charge in [0.05, 0.1) is 16.8 Å². The van der Waals surface area contributed by atoms with Gasteiger partial charge in [-0.3, -0.25) is 15.5 Å². The summed E-state index contributed by atoms with van der Waals surface area (Å²) >= 11 is 0. The van der Waals surface area contributed by atoms with Crippen LogP contribution in [0.15, 0.2) is 77.9 Å². The summed E-state index contributed by atoms with van der Waals surface area (Å²) < 4.78 is 0. The first-order valence-corrected chi connectivity index (χ1v) is 8.01. The van der Waals surface area contributed by atoms with E-state index in [4.69, 9.17) is 5.11 Å². The summed E-state index contributed by atoms with van der Waals surface area (Å²) in [6.07, 6.45) is 1.66. The zero-order valence-electron chi connectivity index (χ0n) is 14.1. The molecular formula is C20H15N3O4. The minimum atomic E-state index is -1.33. The van der Waals surface area contributed by atoms with Crippen LogP contribution in [-0.4, -0.2) is 22.2 Å². The molecule has 2 N–H and O–H groups in total. The smallest absolute Gasteiger partial charge is 0.342 e. The Bertz CT molecular complexity index is 999. The Hall–Kier alpha value is -4.00. The molecule has 0 saturated carbocycles. The number of nitrogens with one attached hydrogen (secondary N) is 1. The predicted octanol–water partition coefficient (Wildman–Crippen LogP) is 4.41. The number of carboxylic acid groups (broad SMARTS) is 1. The SMILES string of the molecule is O=C(O)c1ccc(-c2ccc(C=NNc3ccccc3)cc2)cc1[N+](=O)[O-]. The van der Waals surface area contributed by atoms with Gasteiger partial charge in [-0.1, -0.05) is 48.5 Å². The number of hydrogen-bond donors (Lipinski definition) is 2. The van der Waals surface area contributed by atoms with Gasteiger partial charge >= 0.3 is 5.97 Å². The number of carboxylic acids is 1. The second-order valence-electron chi connectivity index (χ2n) is 5.65. The Labute approximate surface area is 154 Å². The third kappa shape index (κ3) is 4.35. The second-order valence-corrected chi connectivity index (χ2v) is 5.65. The van der Waals surface area contributed by atoms with Crippen LogP contribution in [0.5, 0.6) is 0 Å². The monoisotopic (exact) mass is 361 g/mol. The molecule has 0 aliphatic heterocycles. The fourth-order valence-corrected chi connectivity index (χ4v) is 2.50. The molecule has 0 aromatic heterocycles. The molecular weight excluding hydrogens is 346 g/mol. The number of para-hydroxylation sites is 1. The van der Waals surface area contributed by atoms with Crippen molar-refractivity contribution >= 4 is 23.6 Å². The van der Waals surface area contributed by atoms with Crippen LogP contribution >= 0.6 is 0 Å². The Kier molecular flexibility index (Phi) is 5.22. The number of aromatic carboxylic acids is 1. The first-order chi connectivity index (χ1) is 13.0. The summed E-state index contributed by atoms with van der Waals surface area (Å²) in [4.78, 5) is 21.5. The maximum atomic E-state index is 11.1. The van der Waals surface area contributed by atoms with Crippen LogP contribution in [0.2, 0.25) is 0 Å². The molecule has 0 radical (unpaired) electrons. The topological polar surface area (TPSA) is 105 Å². The van der Waals surface area contributed by atoms with Gasteiger partial charge in [0.2, 0.25) is 0 Å². The van der Waals surface area contributed by atoms with E-state index in [9.17, 15) is 14.9 Å². The number of nitro groups is 1. The molecule has 0 spiro atoms. The number of hydrazone groups is 1. The fraction of sp³-hybridized carbons (Fsp3) is 0. The molecule has 27 heavy (non-hydrogen) atoms. The Balaban J connectivity index is 1.78. The average molecular weight is 361 g/mol. The normalized spacial score (nSPS) is 10.7. The molecule has 0 aliphatic rings. The van der Waals surface area contributed by atoms with Gasteiger partial charge in [0, 0.05) is 6.07 Å². The Morgan fingerprint density at radius 2 is 1.67 bits per heavy atom. The molecule has 3 aromatic rings. The van der Waals surface area contributed by atoms with E-state index in [2.05, 4.69) is 10.5 Å². The quantitative estimate of drug-likeness (QED) is 0.384. The van der Waals surface area contributed by atoms with Gasteiger partial charge in [0.15, 0.2) is 0 Å². The van der Waals surface area contributed by atoms with E-state index in [0.29, 0.717) is 5.56 Å². The maximum Gasteiger partial charge on any atom is 0.342 e. The van der Waals surface area contributed by atoms with E-state index >= 15 is 0 Å². The van der Waals surface area contributed by atoms with Crippen molar-refractivity contribution in [3.8, 4) is 11.1 Å². The van der Waals surface area contributed by atoms with Crippen LogP contribution in [0, 0.1) is 10.1 Å². The number of anilines is 1. The van der Waals surface area contributed by atoms with E-state index in [1.807, 2.05) is 42.5 Å². The highest BCUT2D eigenvalue weighted by Gasteiger charge is 2.20. The lowest BCUT2D eigenvalue weighted by Crippen LogP contribution is -2.02. The number of rotatable bonds is 6. The zero-order chi connectivity index (χ0) is 19.2. The van der Waals surface area contributed by atoms with Gasteiger partial charge in [-0.05, 0) is 34.9 Å². The molecule has 0 heterocycles. The van der Waals surface area contributed by atoms with Crippen LogP contribution in [0.4, 0.5) is 11.4 Å². The van der Waals surface area contributed by atoms with Crippen molar-refractivity contribution in [2.45, 2.75) is 0 Å². The van der Waals surface area contributed by atoms with Gasteiger partial charge in [0.25, 0.3) is 5.69 Å². The number of benzene rings is 3. The maximum absolute atomic E-state index is 11.1. The number of hydrogen-bond acceptors (Lipinski definition) is 5. The third-order valence-electron chi connectivity index (χ3n) is 3.85. The van der Waals surface area contributed by atoms with Crippen molar-refractivity contribution in [3.05, 3.63) is 94.0 Å². The molecule has 0 unspecified atom stereocenters. The van der Waals surface area contributed by atoms with Gasteiger partial charge in [-0.25, -0.2) is 4.79 Å². The first-order valence-electron chi connectivity index (χ1n) is 8.01. The van der Waals surface area contributed by atoms with Crippen molar-refractivity contribution < 1.29 is 14.8 Å². The minimum Gasteiger partial charge on any atom is -0.477 e. The molecule has 0 saturated heterocycles. The molecule has 0 amide bonds. The molecule has 0 fully saturated rings. The van der Waals surface area contributed by atoms with Crippen molar-refractivity contribution in [3.63, 3.8) is 0 Å². The van der Waals surface area contributed by atoms with Gasteiger partial charge in [-0.15, -0.1) is 0 Å². The van der Waals surface area contributed by atoms with Gasteiger partial charge < -0.3 is 5.11 Å². The van der Waals surface area contributed by atoms with Crippen LogP contribution in [0.1, 0.15) is 15.9 Å². The molecule has 134 valence electrons. The van der Waals surface area contributed by atoms with Crippen molar-refractivity contribution in [1.29, 1.82) is 0 Å². The van der Waals surface area contributed by atoms with Crippen LogP contribution in [0.25, 0.3) is 11.1 Å². The molecule has 0 atom stereocenters. The van der Waals surface area contributed by atoms with E-state index in [0.717, 1.165) is 16.8 Å². The van der Waals surface area contributed by atoms with Gasteiger partial charge in [0.1, 0.15) is 5.56 Å². The Morgan fingerprint density at radius 3 is 2.30 bits per heavy atom. The molecule has 0 aliphatic carbocycles. The summed E-state index contributed by atoms with van der Waals surface area (Å²) in [5.74, 6) is -1.33. The largest absolute Gasteiger partial charge is 0.477 e. The highest BCUT2D eigenvalue weighted by Crippen LogP contribution is 2.27. The van der Waals surface area contributed by atoms with E-state index in [1.165, 1.54) is 12.1 Å². The predicted molar refractivity (Wildman–Crippen MR) is 103 cm³/mol. The van der Waals surface area contributed by atoms with Crippen molar-refractivity contribution in [2.24, 2.45) is 5.10 Å². The lowest BCUT2D eigenvalue weighted by atomic mass is 10.0. The van der Waals surface area contributed by atoms with E-state index < -0.39 is 16.6 Å². The molecule has 3 aromatic carbocycles. The van der Waals surface area contributed by atoms with Crippen LogP contribution in [-0.2, 0) is 0 Å². The summed E-state index contributed by atoms with van der Waals surface area (Å²) in [6.45, 7) is 0. The second kappa shape index (κ2) is 7.92. The fourth-order valence-electron chi connectivity index (χ4n) is 2.50. The number of nitro benzene ring substituents is 1. The minimum absolute atomic E-state index is 0.334. The summed E-state index contributed by atoms with van der Waals surface area (Å²) in [7, 11) is 0. The average Bonchev–Trinajstić information content (AvgIpc) is 2.69. The number of carbonyl (C=O) groups is 1.